The van der Waals surface area contributed by atoms with Crippen molar-refractivity contribution in [3.8, 4) is 0 Å². The van der Waals surface area contributed by atoms with Gasteiger partial charge in [-0.2, -0.15) is 0 Å². The Labute approximate surface area is 122 Å². The minimum Gasteiger partial charge on any atom is -0.361 e. The zero-order chi connectivity index (χ0) is 14.9. The van der Waals surface area contributed by atoms with Crippen molar-refractivity contribution in [2.24, 2.45) is 5.92 Å². The van der Waals surface area contributed by atoms with E-state index < -0.39 is 0 Å². The summed E-state index contributed by atoms with van der Waals surface area (Å²) >= 11 is 0. The summed E-state index contributed by atoms with van der Waals surface area (Å²) in [4.78, 5) is 2.64. The Kier molecular flexibility index (Phi) is 4.86. The third kappa shape index (κ3) is 2.91. The number of nitrogens with one attached hydrogen (secondary N) is 1. The van der Waals surface area contributed by atoms with Crippen LogP contribution < -0.4 is 5.32 Å². The lowest BCUT2D eigenvalue weighted by molar-refractivity contribution is 0.0603. The van der Waals surface area contributed by atoms with Crippen LogP contribution in [0.2, 0.25) is 0 Å². The Morgan fingerprint density at radius 1 is 1.35 bits per heavy atom. The van der Waals surface area contributed by atoms with Crippen molar-refractivity contribution < 1.29 is 4.52 Å². The Morgan fingerprint density at radius 3 is 2.55 bits per heavy atom. The first-order chi connectivity index (χ1) is 9.45. The van der Waals surface area contributed by atoms with E-state index in [1.54, 1.807) is 0 Å². The molecule has 3 unspecified atom stereocenters. The van der Waals surface area contributed by atoms with Gasteiger partial charge in [-0.15, -0.1) is 0 Å². The fraction of sp³-hybridized carbons (Fsp3) is 0.812. The normalized spacial score (nSPS) is 26.1. The average Bonchev–Trinajstić information content (AvgIpc) is 2.76. The van der Waals surface area contributed by atoms with Gasteiger partial charge in [0, 0.05) is 36.8 Å². The molecule has 0 aromatic carbocycles. The lowest BCUT2D eigenvalue weighted by atomic mass is 9.93. The smallest absolute Gasteiger partial charge is 0.138 e. The fourth-order valence-corrected chi connectivity index (χ4v) is 3.45. The van der Waals surface area contributed by atoms with Gasteiger partial charge in [-0.1, -0.05) is 25.9 Å². The van der Waals surface area contributed by atoms with Crippen LogP contribution in [0.3, 0.4) is 0 Å². The van der Waals surface area contributed by atoms with E-state index in [1.165, 1.54) is 12.0 Å². The Balaban J connectivity index is 2.25. The van der Waals surface area contributed by atoms with Crippen molar-refractivity contribution in [1.82, 2.24) is 15.4 Å². The van der Waals surface area contributed by atoms with E-state index in [0.717, 1.165) is 24.5 Å². The molecule has 1 aromatic heterocycles. The van der Waals surface area contributed by atoms with E-state index in [-0.39, 0.29) is 0 Å². The molecule has 2 heterocycles. The highest BCUT2D eigenvalue weighted by Crippen LogP contribution is 2.31. The molecular formula is C16H29N3O. The number of piperazine rings is 1. The van der Waals surface area contributed by atoms with E-state index in [9.17, 15) is 0 Å². The third-order valence-electron chi connectivity index (χ3n) is 4.74. The lowest BCUT2D eigenvalue weighted by Gasteiger charge is -2.45. The van der Waals surface area contributed by atoms with Crippen LogP contribution in [-0.2, 0) is 0 Å². The number of aryl methyl sites for hydroxylation is 2. The highest BCUT2D eigenvalue weighted by molar-refractivity contribution is 5.25. The van der Waals surface area contributed by atoms with Crippen LogP contribution in [-0.4, -0.2) is 35.2 Å². The maximum Gasteiger partial charge on any atom is 0.138 e. The second kappa shape index (κ2) is 6.27. The predicted octanol–water partition coefficient (Wildman–Crippen LogP) is 3.06. The molecule has 0 bridgehead atoms. The number of hydrogen-bond acceptors (Lipinski definition) is 4. The minimum atomic E-state index is 0.366. The minimum absolute atomic E-state index is 0.366. The van der Waals surface area contributed by atoms with Gasteiger partial charge < -0.3 is 9.84 Å². The van der Waals surface area contributed by atoms with E-state index >= 15 is 0 Å². The molecule has 20 heavy (non-hydrogen) atoms. The summed E-state index contributed by atoms with van der Waals surface area (Å²) in [7, 11) is 0. The van der Waals surface area contributed by atoms with Gasteiger partial charge in [-0.05, 0) is 33.1 Å². The van der Waals surface area contributed by atoms with Crippen LogP contribution in [0.4, 0.5) is 0 Å². The maximum absolute atomic E-state index is 5.36. The molecule has 4 nitrogen and oxygen atoms in total. The van der Waals surface area contributed by atoms with Gasteiger partial charge in [0.15, 0.2) is 0 Å². The van der Waals surface area contributed by atoms with Crippen LogP contribution in [0.25, 0.3) is 0 Å². The molecule has 0 radical (unpaired) electrons. The molecular weight excluding hydrogens is 250 g/mol. The largest absolute Gasteiger partial charge is 0.361 e. The van der Waals surface area contributed by atoms with Crippen molar-refractivity contribution in [2.45, 2.75) is 66.1 Å². The summed E-state index contributed by atoms with van der Waals surface area (Å²) in [6, 6.07) is 1.53. The lowest BCUT2D eigenvalue weighted by Crippen LogP contribution is -2.58. The molecule has 0 amide bonds. The number of aromatic nitrogens is 1. The van der Waals surface area contributed by atoms with Gasteiger partial charge >= 0.3 is 0 Å². The van der Waals surface area contributed by atoms with Gasteiger partial charge in [0.1, 0.15) is 5.76 Å². The predicted molar refractivity (Wildman–Crippen MR) is 81.8 cm³/mol. The van der Waals surface area contributed by atoms with Crippen molar-refractivity contribution in [3.05, 3.63) is 17.0 Å². The second-order valence-electron chi connectivity index (χ2n) is 6.44. The maximum atomic E-state index is 5.36. The highest BCUT2D eigenvalue weighted by Gasteiger charge is 2.34. The van der Waals surface area contributed by atoms with Crippen LogP contribution in [0.5, 0.6) is 0 Å². The second-order valence-corrected chi connectivity index (χ2v) is 6.44. The van der Waals surface area contributed by atoms with Gasteiger partial charge in [-0.3, -0.25) is 4.90 Å². The van der Waals surface area contributed by atoms with Crippen LogP contribution in [0.1, 0.15) is 57.2 Å². The third-order valence-corrected chi connectivity index (χ3v) is 4.74. The molecule has 1 aliphatic heterocycles. The van der Waals surface area contributed by atoms with E-state index in [1.807, 2.05) is 13.8 Å². The molecule has 1 fully saturated rings. The summed E-state index contributed by atoms with van der Waals surface area (Å²) in [5.41, 5.74) is 2.30. The summed E-state index contributed by atoms with van der Waals surface area (Å²) in [5.74, 6) is 1.60. The molecule has 1 N–H and O–H groups in total. The summed E-state index contributed by atoms with van der Waals surface area (Å²) in [6.45, 7) is 15.4. The van der Waals surface area contributed by atoms with Gasteiger partial charge in [-0.25, -0.2) is 0 Å². The molecule has 0 spiro atoms. The van der Waals surface area contributed by atoms with Gasteiger partial charge in [0.2, 0.25) is 0 Å². The Hall–Kier alpha value is -0.870. The first-order valence-electron chi connectivity index (χ1n) is 7.87. The molecule has 0 saturated carbocycles. The molecule has 2 rings (SSSR count). The molecule has 1 saturated heterocycles. The average molecular weight is 279 g/mol. The van der Waals surface area contributed by atoms with Crippen molar-refractivity contribution in [1.29, 1.82) is 0 Å². The van der Waals surface area contributed by atoms with E-state index in [2.05, 4.69) is 43.1 Å². The van der Waals surface area contributed by atoms with Gasteiger partial charge in [0.05, 0.1) is 5.69 Å². The number of rotatable bonds is 4. The molecule has 1 aromatic rings. The first-order valence-corrected chi connectivity index (χ1v) is 7.87. The number of hydrogen-bond donors (Lipinski definition) is 1. The van der Waals surface area contributed by atoms with Crippen LogP contribution in [0.15, 0.2) is 4.52 Å². The van der Waals surface area contributed by atoms with Crippen molar-refractivity contribution in [2.75, 3.05) is 13.1 Å². The molecule has 0 aliphatic carbocycles. The van der Waals surface area contributed by atoms with E-state index in [0.29, 0.717) is 24.0 Å². The van der Waals surface area contributed by atoms with Crippen molar-refractivity contribution >= 4 is 0 Å². The Morgan fingerprint density at radius 2 is 2.05 bits per heavy atom. The summed E-state index contributed by atoms with van der Waals surface area (Å²) in [6.07, 6.45) is 1.18. The molecule has 3 atom stereocenters. The number of nitrogens with zero attached hydrogens (tertiary/aromatic N) is 2. The summed E-state index contributed by atoms with van der Waals surface area (Å²) < 4.78 is 5.36. The summed E-state index contributed by atoms with van der Waals surface area (Å²) in [5, 5.41) is 7.80. The SMILES string of the molecule is CCC1CN(C(C)c2c(C)noc2C)C(C(C)C)CN1. The topological polar surface area (TPSA) is 41.3 Å². The zero-order valence-corrected chi connectivity index (χ0v) is 13.7. The van der Waals surface area contributed by atoms with Crippen molar-refractivity contribution in [3.63, 3.8) is 0 Å². The van der Waals surface area contributed by atoms with Crippen LogP contribution >= 0.6 is 0 Å². The highest BCUT2D eigenvalue weighted by atomic mass is 16.5. The zero-order valence-electron chi connectivity index (χ0n) is 13.7. The van der Waals surface area contributed by atoms with Crippen LogP contribution in [0, 0.1) is 19.8 Å². The van der Waals surface area contributed by atoms with E-state index in [4.69, 9.17) is 4.52 Å². The first kappa shape index (κ1) is 15.5. The monoisotopic (exact) mass is 279 g/mol. The molecule has 4 heteroatoms. The van der Waals surface area contributed by atoms with Gasteiger partial charge in [0.25, 0.3) is 0 Å². The molecule has 114 valence electrons. The fourth-order valence-electron chi connectivity index (χ4n) is 3.45. The standard InChI is InChI=1S/C16H29N3O/c1-7-14-9-19(15(8-17-14)10(2)3)12(5)16-11(4)18-20-13(16)6/h10,12,14-15,17H,7-9H2,1-6H3. The Bertz CT molecular complexity index is 421. The molecule has 1 aliphatic rings. The quantitative estimate of drug-likeness (QED) is 0.919.